The van der Waals surface area contributed by atoms with E-state index < -0.39 is 9.84 Å². The minimum Gasteiger partial charge on any atom is -0.350 e. The second kappa shape index (κ2) is 12.4. The van der Waals surface area contributed by atoms with Gasteiger partial charge in [-0.25, -0.2) is 8.42 Å². The molecule has 1 N–H and O–H groups in total. The molecule has 222 valence electrons. The molecular weight excluding hydrogens is 562 g/mol. The Morgan fingerprint density at radius 1 is 1.09 bits per heavy atom. The Balaban J connectivity index is 1.46. The zero-order chi connectivity index (χ0) is 30.7. The number of carbonyl (C=O) groups is 1. The van der Waals surface area contributed by atoms with E-state index in [0.29, 0.717) is 25.2 Å². The third kappa shape index (κ3) is 6.79. The van der Waals surface area contributed by atoms with E-state index in [2.05, 4.69) is 20.4 Å². The van der Waals surface area contributed by atoms with Gasteiger partial charge < -0.3 is 10.2 Å². The van der Waals surface area contributed by atoms with E-state index in [0.717, 1.165) is 45.0 Å². The highest BCUT2D eigenvalue weighted by Crippen LogP contribution is 2.30. The number of sulfone groups is 1. The van der Waals surface area contributed by atoms with Gasteiger partial charge in [0.25, 0.3) is 5.16 Å². The van der Waals surface area contributed by atoms with Crippen molar-refractivity contribution in [3.05, 3.63) is 89.8 Å². The average molecular weight is 598 g/mol. The molecule has 0 aliphatic carbocycles. The number of nitrogens with zero attached hydrogens (tertiary/aromatic N) is 6. The number of anilines is 1. The SMILES string of the molecule is CC(C)c1cnn2c(NCc3ccccc3-c3nccc4cc(CC(=O)/C=C/CN(C)C)ccc34)nc(S(C)(=O)=O)nc12. The van der Waals surface area contributed by atoms with E-state index in [1.807, 2.05) is 87.4 Å². The van der Waals surface area contributed by atoms with Crippen LogP contribution < -0.4 is 5.32 Å². The van der Waals surface area contributed by atoms with Crippen LogP contribution in [0.15, 0.2) is 78.2 Å². The van der Waals surface area contributed by atoms with Crippen molar-refractivity contribution in [2.45, 2.75) is 37.9 Å². The van der Waals surface area contributed by atoms with Crippen molar-refractivity contribution in [1.29, 1.82) is 0 Å². The molecule has 0 unspecified atom stereocenters. The summed E-state index contributed by atoms with van der Waals surface area (Å²) in [6, 6.07) is 15.9. The molecule has 0 bridgehead atoms. The molecule has 3 aromatic heterocycles. The van der Waals surface area contributed by atoms with Crippen LogP contribution in [0, 0.1) is 0 Å². The van der Waals surface area contributed by atoms with Gasteiger partial charge in [-0.1, -0.05) is 62.4 Å². The number of ketones is 1. The summed E-state index contributed by atoms with van der Waals surface area (Å²) < 4.78 is 26.4. The molecule has 0 spiro atoms. The lowest BCUT2D eigenvalue weighted by molar-refractivity contribution is -0.114. The Kier molecular flexibility index (Phi) is 8.65. The summed E-state index contributed by atoms with van der Waals surface area (Å²) in [5, 5.41) is 9.43. The molecule has 0 amide bonds. The van der Waals surface area contributed by atoms with Crippen LogP contribution in [0.5, 0.6) is 0 Å². The van der Waals surface area contributed by atoms with Crippen LogP contribution in [0.25, 0.3) is 27.7 Å². The summed E-state index contributed by atoms with van der Waals surface area (Å²) in [6.07, 6.45) is 8.41. The lowest BCUT2D eigenvalue weighted by atomic mass is 9.97. The maximum Gasteiger partial charge on any atom is 0.252 e. The van der Waals surface area contributed by atoms with Crippen LogP contribution >= 0.6 is 0 Å². The first-order chi connectivity index (χ1) is 20.5. The van der Waals surface area contributed by atoms with Crippen molar-refractivity contribution < 1.29 is 13.2 Å². The highest BCUT2D eigenvalue weighted by molar-refractivity contribution is 7.90. The van der Waals surface area contributed by atoms with Gasteiger partial charge in [0.05, 0.1) is 11.9 Å². The molecule has 0 aliphatic heterocycles. The first-order valence-electron chi connectivity index (χ1n) is 14.0. The maximum atomic E-state index is 12.5. The number of pyridine rings is 1. The van der Waals surface area contributed by atoms with Gasteiger partial charge in [0, 0.05) is 48.5 Å². The first-order valence-corrected chi connectivity index (χ1v) is 15.9. The van der Waals surface area contributed by atoms with Crippen molar-refractivity contribution in [1.82, 2.24) is 29.5 Å². The van der Waals surface area contributed by atoms with E-state index in [-0.39, 0.29) is 22.8 Å². The highest BCUT2D eigenvalue weighted by Gasteiger charge is 2.20. The van der Waals surface area contributed by atoms with Crippen LogP contribution in [0.1, 0.15) is 36.5 Å². The van der Waals surface area contributed by atoms with Crippen molar-refractivity contribution in [2.24, 2.45) is 0 Å². The number of nitrogens with one attached hydrogen (secondary N) is 1. The third-order valence-electron chi connectivity index (χ3n) is 7.02. The Bertz CT molecular complexity index is 1950. The van der Waals surface area contributed by atoms with Gasteiger partial charge in [0.1, 0.15) is 0 Å². The summed E-state index contributed by atoms with van der Waals surface area (Å²) in [5.74, 6) is 0.443. The zero-order valence-corrected chi connectivity index (χ0v) is 25.8. The monoisotopic (exact) mass is 597 g/mol. The first kappa shape index (κ1) is 30.0. The summed E-state index contributed by atoms with van der Waals surface area (Å²) in [4.78, 5) is 27.8. The van der Waals surface area contributed by atoms with Crippen molar-refractivity contribution in [3.8, 4) is 11.3 Å². The summed E-state index contributed by atoms with van der Waals surface area (Å²) in [7, 11) is 0.268. The molecule has 43 heavy (non-hydrogen) atoms. The summed E-state index contributed by atoms with van der Waals surface area (Å²) in [6.45, 7) is 5.06. The van der Waals surface area contributed by atoms with Crippen molar-refractivity contribution >= 4 is 38.0 Å². The number of likely N-dealkylation sites (N-methyl/N-ethyl adjacent to an activating group) is 1. The number of carbonyl (C=O) groups excluding carboxylic acids is 1. The fourth-order valence-corrected chi connectivity index (χ4v) is 5.35. The lowest BCUT2D eigenvalue weighted by Crippen LogP contribution is -2.14. The quantitative estimate of drug-likeness (QED) is 0.216. The number of allylic oxidation sites excluding steroid dienone is 1. The van der Waals surface area contributed by atoms with E-state index in [1.165, 1.54) is 0 Å². The Morgan fingerprint density at radius 2 is 1.88 bits per heavy atom. The van der Waals surface area contributed by atoms with Gasteiger partial charge in [0.2, 0.25) is 15.8 Å². The second-order valence-electron chi connectivity index (χ2n) is 11.1. The highest BCUT2D eigenvalue weighted by atomic mass is 32.2. The van der Waals surface area contributed by atoms with Gasteiger partial charge in [-0.2, -0.15) is 19.6 Å². The molecule has 10 nitrogen and oxygen atoms in total. The molecule has 0 atom stereocenters. The van der Waals surface area contributed by atoms with Gasteiger partial charge in [-0.3, -0.25) is 9.78 Å². The molecule has 0 saturated carbocycles. The van der Waals surface area contributed by atoms with Gasteiger partial charge in [-0.05, 0) is 48.7 Å². The van der Waals surface area contributed by atoms with E-state index in [1.54, 1.807) is 23.0 Å². The van der Waals surface area contributed by atoms with Crippen LogP contribution in [0.4, 0.5) is 5.95 Å². The molecule has 2 aromatic carbocycles. The molecule has 11 heteroatoms. The fourth-order valence-electron chi connectivity index (χ4n) is 4.85. The lowest BCUT2D eigenvalue weighted by Gasteiger charge is -2.14. The number of fused-ring (bicyclic) bond motifs is 2. The number of rotatable bonds is 11. The molecule has 0 radical (unpaired) electrons. The van der Waals surface area contributed by atoms with Crippen LogP contribution in [-0.4, -0.2) is 70.6 Å². The number of hydrogen-bond acceptors (Lipinski definition) is 9. The Labute approximate surface area is 251 Å². The molecule has 0 saturated heterocycles. The van der Waals surface area contributed by atoms with Crippen LogP contribution in [-0.2, 0) is 27.6 Å². The van der Waals surface area contributed by atoms with E-state index >= 15 is 0 Å². The van der Waals surface area contributed by atoms with Crippen molar-refractivity contribution in [2.75, 3.05) is 32.2 Å². The predicted octanol–water partition coefficient (Wildman–Crippen LogP) is 4.71. The standard InChI is InChI=1S/C32H35N7O3S/c1-21(2)28-20-35-39-30(28)36-32(43(5,41)42)37-31(39)34-19-24-9-6-7-11-26(24)29-27-13-12-22(17-23(27)14-15-33-29)18-25(40)10-8-16-38(3)4/h6-15,17,20-21H,16,18-19H2,1-5H3,(H,34,36,37)/b10-8+. The molecule has 3 heterocycles. The van der Waals surface area contributed by atoms with E-state index in [9.17, 15) is 13.2 Å². The molecular formula is C32H35N7O3S. The Hall–Kier alpha value is -4.48. The number of benzene rings is 2. The third-order valence-corrected chi connectivity index (χ3v) is 7.87. The minimum atomic E-state index is -3.66. The van der Waals surface area contributed by atoms with Crippen LogP contribution in [0.2, 0.25) is 0 Å². The number of aromatic nitrogens is 5. The van der Waals surface area contributed by atoms with Gasteiger partial charge in [0.15, 0.2) is 11.4 Å². The summed E-state index contributed by atoms with van der Waals surface area (Å²) in [5.41, 5.74) is 4.91. The average Bonchev–Trinajstić information content (AvgIpc) is 3.40. The zero-order valence-electron chi connectivity index (χ0n) is 24.9. The Morgan fingerprint density at radius 3 is 2.63 bits per heavy atom. The van der Waals surface area contributed by atoms with Crippen LogP contribution in [0.3, 0.4) is 0 Å². The van der Waals surface area contributed by atoms with Gasteiger partial charge in [-0.15, -0.1) is 0 Å². The second-order valence-corrected chi connectivity index (χ2v) is 13.0. The smallest absolute Gasteiger partial charge is 0.252 e. The molecule has 0 aliphatic rings. The topological polar surface area (TPSA) is 122 Å². The number of hydrogen-bond donors (Lipinski definition) is 1. The predicted molar refractivity (Wildman–Crippen MR) is 169 cm³/mol. The maximum absolute atomic E-state index is 12.5. The minimum absolute atomic E-state index is 0.0578. The molecule has 5 aromatic rings. The molecule has 0 fully saturated rings. The molecule has 5 rings (SSSR count). The van der Waals surface area contributed by atoms with Gasteiger partial charge >= 0.3 is 0 Å². The van der Waals surface area contributed by atoms with E-state index in [4.69, 9.17) is 4.98 Å². The fraction of sp³-hybridized carbons (Fsp3) is 0.281. The normalized spacial score (nSPS) is 12.3. The van der Waals surface area contributed by atoms with Crippen molar-refractivity contribution in [3.63, 3.8) is 0 Å². The largest absolute Gasteiger partial charge is 0.350 e. The summed E-state index contributed by atoms with van der Waals surface area (Å²) >= 11 is 0.